The summed E-state index contributed by atoms with van der Waals surface area (Å²) in [5.74, 6) is -0.190. The number of carbonyl (C=O) groups excluding carboxylic acids is 1. The fourth-order valence-corrected chi connectivity index (χ4v) is 3.95. The van der Waals surface area contributed by atoms with Gasteiger partial charge in [0.2, 0.25) is 5.91 Å². The Morgan fingerprint density at radius 2 is 1.89 bits per heavy atom. The Bertz CT molecular complexity index is 333. The minimum Gasteiger partial charge on any atom is -0.378 e. The maximum atomic E-state index is 11.3. The van der Waals surface area contributed by atoms with Crippen LogP contribution in [0.5, 0.6) is 0 Å². The Hall–Kier alpha value is -0.650. The number of hydrogen-bond acceptors (Lipinski definition) is 4. The van der Waals surface area contributed by atoms with Gasteiger partial charge in [0.25, 0.3) is 0 Å². The Morgan fingerprint density at radius 3 is 2.58 bits per heavy atom. The number of ether oxygens (including phenoxy) is 1. The van der Waals surface area contributed by atoms with E-state index in [9.17, 15) is 4.79 Å². The van der Waals surface area contributed by atoms with Gasteiger partial charge in [0.1, 0.15) is 0 Å². The monoisotopic (exact) mass is 267 g/mol. The molecule has 3 fully saturated rings. The highest BCUT2D eigenvalue weighted by atomic mass is 16.5. The van der Waals surface area contributed by atoms with E-state index in [1.807, 2.05) is 0 Å². The molecule has 19 heavy (non-hydrogen) atoms. The standard InChI is InChI=1S/C14H25N3O2/c15-14(18)8-16-6-2-1-4-13-12(16)5-3-7-17(13)11-9-19-10-11/h11-13H,1-10H2,(H2,15,18)/t12-,13-/m1/s1. The number of fused-ring (bicyclic) bond motifs is 1. The van der Waals surface area contributed by atoms with Crippen molar-refractivity contribution in [1.82, 2.24) is 9.80 Å². The molecule has 0 aromatic heterocycles. The lowest BCUT2D eigenvalue weighted by molar-refractivity contribution is -0.122. The van der Waals surface area contributed by atoms with Crippen molar-refractivity contribution >= 4 is 5.91 Å². The van der Waals surface area contributed by atoms with E-state index in [1.54, 1.807) is 0 Å². The summed E-state index contributed by atoms with van der Waals surface area (Å²) in [5.41, 5.74) is 5.41. The van der Waals surface area contributed by atoms with E-state index in [0.29, 0.717) is 24.7 Å². The number of primary amides is 1. The van der Waals surface area contributed by atoms with Crippen LogP contribution in [0.2, 0.25) is 0 Å². The van der Waals surface area contributed by atoms with E-state index < -0.39 is 0 Å². The van der Waals surface area contributed by atoms with Crippen LogP contribution in [-0.2, 0) is 9.53 Å². The van der Waals surface area contributed by atoms with Crippen LogP contribution in [0.25, 0.3) is 0 Å². The van der Waals surface area contributed by atoms with Gasteiger partial charge in [-0.15, -0.1) is 0 Å². The molecule has 0 spiro atoms. The summed E-state index contributed by atoms with van der Waals surface area (Å²) in [4.78, 5) is 16.3. The third kappa shape index (κ3) is 2.78. The Kier molecular flexibility index (Phi) is 4.05. The summed E-state index contributed by atoms with van der Waals surface area (Å²) >= 11 is 0. The normalized spacial score (nSPS) is 34.3. The average Bonchev–Trinajstić information content (AvgIpc) is 2.50. The quantitative estimate of drug-likeness (QED) is 0.793. The first-order valence-electron chi connectivity index (χ1n) is 7.61. The molecule has 1 amide bonds. The van der Waals surface area contributed by atoms with Crippen molar-refractivity contribution in [3.05, 3.63) is 0 Å². The van der Waals surface area contributed by atoms with Gasteiger partial charge in [-0.2, -0.15) is 0 Å². The van der Waals surface area contributed by atoms with E-state index in [1.165, 1.54) is 38.6 Å². The van der Waals surface area contributed by atoms with Gasteiger partial charge in [-0.1, -0.05) is 6.42 Å². The topological polar surface area (TPSA) is 58.8 Å². The first kappa shape index (κ1) is 13.3. The third-order valence-electron chi connectivity index (χ3n) is 4.90. The van der Waals surface area contributed by atoms with Gasteiger partial charge >= 0.3 is 0 Å². The molecule has 3 aliphatic rings. The van der Waals surface area contributed by atoms with Gasteiger partial charge in [-0.25, -0.2) is 0 Å². The number of hydrogen-bond donors (Lipinski definition) is 1. The lowest BCUT2D eigenvalue weighted by Gasteiger charge is -2.49. The molecule has 3 rings (SSSR count). The summed E-state index contributed by atoms with van der Waals surface area (Å²) in [6, 6.07) is 1.73. The van der Waals surface area contributed by atoms with Crippen molar-refractivity contribution < 1.29 is 9.53 Å². The molecule has 0 bridgehead atoms. The van der Waals surface area contributed by atoms with Gasteiger partial charge in [-0.3, -0.25) is 14.6 Å². The van der Waals surface area contributed by atoms with Gasteiger partial charge in [0.05, 0.1) is 25.8 Å². The molecular weight excluding hydrogens is 242 g/mol. The number of nitrogens with zero attached hydrogens (tertiary/aromatic N) is 2. The van der Waals surface area contributed by atoms with Crippen molar-refractivity contribution in [2.24, 2.45) is 5.73 Å². The second-order valence-corrected chi connectivity index (χ2v) is 6.14. The zero-order valence-corrected chi connectivity index (χ0v) is 11.6. The van der Waals surface area contributed by atoms with Crippen molar-refractivity contribution in [2.75, 3.05) is 32.8 Å². The van der Waals surface area contributed by atoms with Crippen LogP contribution in [0.1, 0.15) is 32.1 Å². The summed E-state index contributed by atoms with van der Waals surface area (Å²) < 4.78 is 5.36. The molecule has 0 radical (unpaired) electrons. The Balaban J connectivity index is 1.73. The van der Waals surface area contributed by atoms with Gasteiger partial charge in [0, 0.05) is 12.1 Å². The minimum atomic E-state index is -0.190. The predicted octanol–water partition coefficient (Wildman–Crippen LogP) is 0.189. The van der Waals surface area contributed by atoms with Crippen molar-refractivity contribution in [3.63, 3.8) is 0 Å². The lowest BCUT2D eigenvalue weighted by atomic mass is 9.90. The zero-order valence-electron chi connectivity index (χ0n) is 11.6. The smallest absolute Gasteiger partial charge is 0.231 e. The first-order valence-corrected chi connectivity index (χ1v) is 7.61. The first-order chi connectivity index (χ1) is 9.25. The minimum absolute atomic E-state index is 0.190. The Labute approximate surface area is 115 Å². The zero-order chi connectivity index (χ0) is 13.2. The molecule has 0 aromatic carbocycles. The molecule has 5 heteroatoms. The fourth-order valence-electron chi connectivity index (χ4n) is 3.95. The van der Waals surface area contributed by atoms with Gasteiger partial charge in [0.15, 0.2) is 0 Å². The summed E-state index contributed by atoms with van der Waals surface area (Å²) in [6.45, 7) is 4.42. The number of rotatable bonds is 3. The third-order valence-corrected chi connectivity index (χ3v) is 4.90. The van der Waals surface area contributed by atoms with Crippen LogP contribution in [-0.4, -0.2) is 66.7 Å². The van der Waals surface area contributed by atoms with Crippen molar-refractivity contribution in [2.45, 2.75) is 50.2 Å². The van der Waals surface area contributed by atoms with Crippen LogP contribution in [0, 0.1) is 0 Å². The van der Waals surface area contributed by atoms with E-state index in [-0.39, 0.29) is 5.91 Å². The average molecular weight is 267 g/mol. The van der Waals surface area contributed by atoms with Crippen LogP contribution in [0.15, 0.2) is 0 Å². The summed E-state index contributed by atoms with van der Waals surface area (Å²) in [7, 11) is 0. The number of piperidine rings is 1. The molecule has 2 atom stereocenters. The van der Waals surface area contributed by atoms with Crippen LogP contribution in [0.4, 0.5) is 0 Å². The largest absolute Gasteiger partial charge is 0.378 e. The second kappa shape index (κ2) is 5.77. The van der Waals surface area contributed by atoms with Crippen molar-refractivity contribution in [1.29, 1.82) is 0 Å². The lowest BCUT2D eigenvalue weighted by Crippen LogP contribution is -2.62. The van der Waals surface area contributed by atoms with Crippen LogP contribution < -0.4 is 5.73 Å². The fraction of sp³-hybridized carbons (Fsp3) is 0.929. The second-order valence-electron chi connectivity index (χ2n) is 6.14. The molecule has 0 saturated carbocycles. The Morgan fingerprint density at radius 1 is 1.11 bits per heavy atom. The number of amides is 1. The maximum Gasteiger partial charge on any atom is 0.231 e. The maximum absolute atomic E-state index is 11.3. The number of carbonyl (C=O) groups is 1. The van der Waals surface area contributed by atoms with Gasteiger partial charge in [-0.05, 0) is 38.8 Å². The molecule has 0 unspecified atom stereocenters. The molecule has 3 heterocycles. The molecule has 2 N–H and O–H groups in total. The van der Waals surface area contributed by atoms with Gasteiger partial charge < -0.3 is 10.5 Å². The van der Waals surface area contributed by atoms with E-state index in [4.69, 9.17) is 10.5 Å². The highest BCUT2D eigenvalue weighted by Gasteiger charge is 2.41. The predicted molar refractivity (Wildman–Crippen MR) is 72.7 cm³/mol. The molecule has 5 nitrogen and oxygen atoms in total. The number of likely N-dealkylation sites (tertiary alicyclic amines) is 2. The van der Waals surface area contributed by atoms with Crippen LogP contribution >= 0.6 is 0 Å². The van der Waals surface area contributed by atoms with E-state index >= 15 is 0 Å². The molecular formula is C14H25N3O2. The molecule has 3 saturated heterocycles. The molecule has 0 aromatic rings. The molecule has 0 aliphatic carbocycles. The number of nitrogens with two attached hydrogens (primary N) is 1. The molecule has 108 valence electrons. The van der Waals surface area contributed by atoms with Crippen LogP contribution in [0.3, 0.4) is 0 Å². The summed E-state index contributed by atoms with van der Waals surface area (Å²) in [5, 5.41) is 0. The highest BCUT2D eigenvalue weighted by Crippen LogP contribution is 2.31. The SMILES string of the molecule is NC(=O)CN1CCCC[C@@H]2[C@H]1CCCN2C1COC1. The van der Waals surface area contributed by atoms with E-state index in [2.05, 4.69) is 9.80 Å². The summed E-state index contributed by atoms with van der Waals surface area (Å²) in [6.07, 6.45) is 6.15. The van der Waals surface area contributed by atoms with E-state index in [0.717, 1.165) is 19.8 Å². The highest BCUT2D eigenvalue weighted by molar-refractivity contribution is 5.76. The molecule has 3 aliphatic heterocycles. The van der Waals surface area contributed by atoms with Crippen molar-refractivity contribution in [3.8, 4) is 0 Å².